The van der Waals surface area contributed by atoms with Gasteiger partial charge in [0.25, 0.3) is 0 Å². The first kappa shape index (κ1) is 13.1. The largest absolute Gasteiger partial charge is 0.352 e. The maximum absolute atomic E-state index is 12.8. The molecule has 0 radical (unpaired) electrons. The Morgan fingerprint density at radius 2 is 2.31 bits per heavy atom. The van der Waals surface area contributed by atoms with Crippen LogP contribution in [0.4, 0.5) is 4.39 Å². The van der Waals surface area contributed by atoms with Crippen molar-refractivity contribution in [1.29, 1.82) is 0 Å². The van der Waals surface area contributed by atoms with Gasteiger partial charge in [0, 0.05) is 23.5 Å². The second-order valence-corrected chi connectivity index (χ2v) is 4.55. The number of carbonyl (C=O) groups excluding carboxylic acids is 1. The Morgan fingerprint density at radius 1 is 1.62 bits per heavy atom. The molecule has 1 unspecified atom stereocenters. The van der Waals surface area contributed by atoms with Crippen molar-refractivity contribution < 1.29 is 9.18 Å². The number of carbonyl (C=O) groups is 1. The molecule has 0 fully saturated rings. The van der Waals surface area contributed by atoms with Gasteiger partial charge in [-0.1, -0.05) is 22.0 Å². The number of amides is 1. The van der Waals surface area contributed by atoms with E-state index in [0.717, 1.165) is 5.56 Å². The first-order valence-corrected chi connectivity index (χ1v) is 5.74. The number of nitrogens with two attached hydrogens (primary N) is 1. The third-order valence-corrected chi connectivity index (χ3v) is 2.74. The molecule has 16 heavy (non-hydrogen) atoms. The Morgan fingerprint density at radius 3 is 2.88 bits per heavy atom. The fraction of sp³-hybridized carbons (Fsp3) is 0.364. The minimum atomic E-state index is -0.308. The smallest absolute Gasteiger partial charge is 0.221 e. The van der Waals surface area contributed by atoms with Crippen molar-refractivity contribution in [2.45, 2.75) is 25.9 Å². The van der Waals surface area contributed by atoms with Gasteiger partial charge in [-0.3, -0.25) is 4.79 Å². The Labute approximate surface area is 102 Å². The Hall–Kier alpha value is -0.940. The molecule has 1 aromatic carbocycles. The van der Waals surface area contributed by atoms with Crippen LogP contribution in [0.3, 0.4) is 0 Å². The standard InChI is InChI=1S/C11H14BrFN2O/c1-7(14)4-11(16)15-6-8-2-3-9(13)5-10(8)12/h2-3,5,7H,4,6,14H2,1H3,(H,15,16). The van der Waals surface area contributed by atoms with Crippen LogP contribution in [0, 0.1) is 5.82 Å². The summed E-state index contributed by atoms with van der Waals surface area (Å²) in [6.45, 7) is 2.14. The van der Waals surface area contributed by atoms with Crippen molar-refractivity contribution in [3.63, 3.8) is 0 Å². The van der Waals surface area contributed by atoms with Crippen LogP contribution in [0.5, 0.6) is 0 Å². The average molecular weight is 289 g/mol. The topological polar surface area (TPSA) is 55.1 Å². The zero-order valence-electron chi connectivity index (χ0n) is 8.97. The predicted molar refractivity (Wildman–Crippen MR) is 64.2 cm³/mol. The van der Waals surface area contributed by atoms with E-state index in [0.29, 0.717) is 17.4 Å². The van der Waals surface area contributed by atoms with E-state index in [9.17, 15) is 9.18 Å². The first-order valence-electron chi connectivity index (χ1n) is 4.95. The van der Waals surface area contributed by atoms with Crippen molar-refractivity contribution >= 4 is 21.8 Å². The highest BCUT2D eigenvalue weighted by molar-refractivity contribution is 9.10. The van der Waals surface area contributed by atoms with E-state index in [-0.39, 0.29) is 17.8 Å². The summed E-state index contributed by atoms with van der Waals surface area (Å²) < 4.78 is 13.4. The van der Waals surface area contributed by atoms with Crippen LogP contribution >= 0.6 is 15.9 Å². The van der Waals surface area contributed by atoms with Crippen LogP contribution in [0.15, 0.2) is 22.7 Å². The Kier molecular flexibility index (Phi) is 4.89. The SMILES string of the molecule is CC(N)CC(=O)NCc1ccc(F)cc1Br. The minimum Gasteiger partial charge on any atom is -0.352 e. The van der Waals surface area contributed by atoms with E-state index in [4.69, 9.17) is 5.73 Å². The predicted octanol–water partition coefficient (Wildman–Crippen LogP) is 1.94. The first-order chi connectivity index (χ1) is 7.49. The molecule has 0 spiro atoms. The molecule has 1 rings (SSSR count). The van der Waals surface area contributed by atoms with Crippen LogP contribution in [-0.2, 0) is 11.3 Å². The summed E-state index contributed by atoms with van der Waals surface area (Å²) in [6, 6.07) is 4.20. The van der Waals surface area contributed by atoms with E-state index < -0.39 is 0 Å². The van der Waals surface area contributed by atoms with Crippen molar-refractivity contribution in [2.75, 3.05) is 0 Å². The van der Waals surface area contributed by atoms with E-state index in [1.54, 1.807) is 13.0 Å². The zero-order chi connectivity index (χ0) is 12.1. The van der Waals surface area contributed by atoms with Gasteiger partial charge in [-0.05, 0) is 24.6 Å². The van der Waals surface area contributed by atoms with Crippen molar-refractivity contribution in [2.24, 2.45) is 5.73 Å². The van der Waals surface area contributed by atoms with Crippen LogP contribution in [0.2, 0.25) is 0 Å². The van der Waals surface area contributed by atoms with E-state index >= 15 is 0 Å². The maximum Gasteiger partial charge on any atom is 0.221 e. The van der Waals surface area contributed by atoms with Crippen molar-refractivity contribution in [1.82, 2.24) is 5.32 Å². The molecule has 0 aromatic heterocycles. The lowest BCUT2D eigenvalue weighted by Crippen LogP contribution is -2.29. The highest BCUT2D eigenvalue weighted by atomic mass is 79.9. The number of benzene rings is 1. The molecule has 88 valence electrons. The second kappa shape index (κ2) is 5.96. The monoisotopic (exact) mass is 288 g/mol. The molecule has 3 N–H and O–H groups in total. The molecule has 0 saturated carbocycles. The normalized spacial score (nSPS) is 12.2. The number of nitrogens with one attached hydrogen (secondary N) is 1. The molecule has 0 aliphatic rings. The van der Waals surface area contributed by atoms with Gasteiger partial charge in [-0.25, -0.2) is 4.39 Å². The minimum absolute atomic E-state index is 0.105. The fourth-order valence-corrected chi connectivity index (χ4v) is 1.71. The van der Waals surface area contributed by atoms with Crippen molar-refractivity contribution in [3.05, 3.63) is 34.1 Å². The summed E-state index contributed by atoms with van der Waals surface area (Å²) in [5.41, 5.74) is 6.33. The Bertz CT molecular complexity index is 382. The van der Waals surface area contributed by atoms with Gasteiger partial charge in [0.2, 0.25) is 5.91 Å². The molecule has 1 atom stereocenters. The fourth-order valence-electron chi connectivity index (χ4n) is 1.22. The number of rotatable bonds is 4. The van der Waals surface area contributed by atoms with E-state index in [1.165, 1.54) is 12.1 Å². The van der Waals surface area contributed by atoms with Crippen LogP contribution in [0.1, 0.15) is 18.9 Å². The maximum atomic E-state index is 12.8. The number of hydrogen-bond donors (Lipinski definition) is 2. The lowest BCUT2D eigenvalue weighted by atomic mass is 10.2. The highest BCUT2D eigenvalue weighted by Crippen LogP contribution is 2.17. The highest BCUT2D eigenvalue weighted by Gasteiger charge is 2.06. The molecule has 1 aromatic rings. The second-order valence-electron chi connectivity index (χ2n) is 3.69. The number of hydrogen-bond acceptors (Lipinski definition) is 2. The summed E-state index contributed by atoms with van der Waals surface area (Å²) in [6.07, 6.45) is 0.290. The van der Waals surface area contributed by atoms with Crippen LogP contribution in [0.25, 0.3) is 0 Å². The summed E-state index contributed by atoms with van der Waals surface area (Å²) in [5, 5.41) is 2.72. The van der Waals surface area contributed by atoms with E-state index in [1.807, 2.05) is 0 Å². The summed E-state index contributed by atoms with van der Waals surface area (Å²) >= 11 is 3.23. The lowest BCUT2D eigenvalue weighted by Gasteiger charge is -2.08. The molecule has 0 aliphatic carbocycles. The van der Waals surface area contributed by atoms with Crippen molar-refractivity contribution in [3.8, 4) is 0 Å². The van der Waals surface area contributed by atoms with Crippen LogP contribution in [-0.4, -0.2) is 11.9 Å². The van der Waals surface area contributed by atoms with Gasteiger partial charge < -0.3 is 11.1 Å². The average Bonchev–Trinajstić information content (AvgIpc) is 2.15. The zero-order valence-corrected chi connectivity index (χ0v) is 10.6. The Balaban J connectivity index is 2.51. The molecule has 0 aliphatic heterocycles. The molecule has 3 nitrogen and oxygen atoms in total. The van der Waals surface area contributed by atoms with Crippen LogP contribution < -0.4 is 11.1 Å². The third-order valence-electron chi connectivity index (χ3n) is 2.00. The van der Waals surface area contributed by atoms with Gasteiger partial charge in [-0.2, -0.15) is 0 Å². The molecule has 0 saturated heterocycles. The summed E-state index contributed by atoms with van der Waals surface area (Å²) in [4.78, 5) is 11.3. The molecular weight excluding hydrogens is 275 g/mol. The third kappa shape index (κ3) is 4.28. The summed E-state index contributed by atoms with van der Waals surface area (Å²) in [5.74, 6) is -0.413. The summed E-state index contributed by atoms with van der Waals surface area (Å²) in [7, 11) is 0. The van der Waals surface area contributed by atoms with Gasteiger partial charge >= 0.3 is 0 Å². The number of halogens is 2. The van der Waals surface area contributed by atoms with Gasteiger partial charge in [0.1, 0.15) is 5.82 Å². The quantitative estimate of drug-likeness (QED) is 0.890. The molecular formula is C11H14BrFN2O. The lowest BCUT2D eigenvalue weighted by molar-refractivity contribution is -0.121. The van der Waals surface area contributed by atoms with Gasteiger partial charge in [0.15, 0.2) is 0 Å². The molecule has 5 heteroatoms. The molecule has 0 bridgehead atoms. The van der Waals surface area contributed by atoms with Gasteiger partial charge in [-0.15, -0.1) is 0 Å². The van der Waals surface area contributed by atoms with Gasteiger partial charge in [0.05, 0.1) is 0 Å². The van der Waals surface area contributed by atoms with E-state index in [2.05, 4.69) is 21.2 Å². The molecule has 0 heterocycles. The molecule has 1 amide bonds.